The van der Waals surface area contributed by atoms with E-state index in [4.69, 9.17) is 9.84 Å². The van der Waals surface area contributed by atoms with E-state index in [0.29, 0.717) is 12.2 Å². The van der Waals surface area contributed by atoms with Gasteiger partial charge in [0.15, 0.2) is 0 Å². The van der Waals surface area contributed by atoms with Crippen LogP contribution in [0, 0.1) is 0 Å². The van der Waals surface area contributed by atoms with Crippen LogP contribution >= 0.6 is 0 Å². The van der Waals surface area contributed by atoms with Gasteiger partial charge in [0.05, 0.1) is 0 Å². The third-order valence-corrected chi connectivity index (χ3v) is 1.48. The Morgan fingerprint density at radius 2 is 2.25 bits per heavy atom. The summed E-state index contributed by atoms with van der Waals surface area (Å²) < 4.78 is 5.10. The van der Waals surface area contributed by atoms with Crippen molar-refractivity contribution in [2.45, 2.75) is 26.7 Å². The van der Waals surface area contributed by atoms with Gasteiger partial charge < -0.3 is 9.84 Å². The Labute approximate surface area is 73.0 Å². The van der Waals surface area contributed by atoms with Crippen LogP contribution in [0.5, 0.6) is 0 Å². The van der Waals surface area contributed by atoms with Crippen LogP contribution in [0.4, 0.5) is 0 Å². The van der Waals surface area contributed by atoms with Crippen molar-refractivity contribution < 1.29 is 14.6 Å². The largest absolute Gasteiger partial charge is 0.478 e. The third-order valence-electron chi connectivity index (χ3n) is 1.48. The Balaban J connectivity index is 3.40. The predicted octanol–water partition coefficient (Wildman–Crippen LogP) is 1.83. The molecule has 70 valence electrons. The van der Waals surface area contributed by atoms with Gasteiger partial charge in [-0.15, -0.1) is 0 Å². The smallest absolute Gasteiger partial charge is 0.330 e. The molecule has 0 amide bonds. The molecule has 3 heteroatoms. The highest BCUT2D eigenvalue weighted by atomic mass is 16.5. The van der Waals surface area contributed by atoms with Crippen molar-refractivity contribution in [3.63, 3.8) is 0 Å². The lowest BCUT2D eigenvalue weighted by Crippen LogP contribution is -1.97. The number of carboxylic acids is 1. The molecule has 0 aromatic carbocycles. The standard InChI is InChI=1S/C9H16O3/c1-3-12-7-5-4-6-8(2)9(10)11/h6H,3-5,7H2,1-2H3,(H,10,11). The number of rotatable bonds is 6. The second kappa shape index (κ2) is 6.85. The number of carboxylic acid groups (broad SMARTS) is 1. The summed E-state index contributed by atoms with van der Waals surface area (Å²) in [6.45, 7) is 4.98. The minimum absolute atomic E-state index is 0.409. The van der Waals surface area contributed by atoms with E-state index in [2.05, 4.69) is 0 Å². The van der Waals surface area contributed by atoms with Crippen molar-refractivity contribution >= 4 is 5.97 Å². The van der Waals surface area contributed by atoms with Gasteiger partial charge in [-0.2, -0.15) is 0 Å². The summed E-state index contributed by atoms with van der Waals surface area (Å²) in [5.74, 6) is -0.841. The lowest BCUT2D eigenvalue weighted by Gasteiger charge is -1.97. The Bertz CT molecular complexity index is 161. The zero-order chi connectivity index (χ0) is 9.40. The first-order valence-corrected chi connectivity index (χ1v) is 4.16. The molecule has 0 bridgehead atoms. The summed E-state index contributed by atoms with van der Waals surface area (Å²) in [5.41, 5.74) is 0.409. The second-order valence-corrected chi connectivity index (χ2v) is 2.53. The molecule has 0 aromatic heterocycles. The van der Waals surface area contributed by atoms with Crippen LogP contribution in [-0.2, 0) is 9.53 Å². The van der Waals surface area contributed by atoms with Gasteiger partial charge in [0.25, 0.3) is 0 Å². The zero-order valence-electron chi connectivity index (χ0n) is 7.67. The summed E-state index contributed by atoms with van der Waals surface area (Å²) in [7, 11) is 0. The van der Waals surface area contributed by atoms with Crippen molar-refractivity contribution in [3.8, 4) is 0 Å². The maximum absolute atomic E-state index is 10.3. The first-order valence-electron chi connectivity index (χ1n) is 4.16. The van der Waals surface area contributed by atoms with Crippen molar-refractivity contribution in [2.24, 2.45) is 0 Å². The Hall–Kier alpha value is -0.830. The van der Waals surface area contributed by atoms with Crippen LogP contribution in [0.2, 0.25) is 0 Å². The van der Waals surface area contributed by atoms with Crippen LogP contribution in [-0.4, -0.2) is 24.3 Å². The van der Waals surface area contributed by atoms with Crippen molar-refractivity contribution in [1.82, 2.24) is 0 Å². The summed E-state index contributed by atoms with van der Waals surface area (Å²) >= 11 is 0. The molecular weight excluding hydrogens is 156 g/mol. The molecule has 0 rings (SSSR count). The lowest BCUT2D eigenvalue weighted by molar-refractivity contribution is -0.132. The van der Waals surface area contributed by atoms with Crippen LogP contribution in [0.15, 0.2) is 11.6 Å². The van der Waals surface area contributed by atoms with E-state index in [1.165, 1.54) is 0 Å². The van der Waals surface area contributed by atoms with Crippen LogP contribution in [0.25, 0.3) is 0 Å². The van der Waals surface area contributed by atoms with Crippen LogP contribution in [0.1, 0.15) is 26.7 Å². The van der Waals surface area contributed by atoms with Gasteiger partial charge in [-0.25, -0.2) is 4.79 Å². The highest BCUT2D eigenvalue weighted by Gasteiger charge is 1.97. The molecule has 0 radical (unpaired) electrons. The monoisotopic (exact) mass is 172 g/mol. The maximum atomic E-state index is 10.3. The minimum atomic E-state index is -0.841. The van der Waals surface area contributed by atoms with Gasteiger partial charge in [0.2, 0.25) is 0 Å². The fourth-order valence-corrected chi connectivity index (χ4v) is 0.736. The molecule has 0 unspecified atom stereocenters. The van der Waals surface area contributed by atoms with Crippen molar-refractivity contribution in [1.29, 1.82) is 0 Å². The number of aliphatic carboxylic acids is 1. The molecule has 0 atom stereocenters. The Kier molecular flexibility index (Phi) is 6.38. The number of hydrogen-bond donors (Lipinski definition) is 1. The first kappa shape index (κ1) is 11.2. The van der Waals surface area contributed by atoms with Gasteiger partial charge in [-0.3, -0.25) is 0 Å². The number of unbranched alkanes of at least 4 members (excludes halogenated alkanes) is 1. The van der Waals surface area contributed by atoms with E-state index in [0.717, 1.165) is 19.4 Å². The predicted molar refractivity (Wildman–Crippen MR) is 47.1 cm³/mol. The van der Waals surface area contributed by atoms with E-state index >= 15 is 0 Å². The van der Waals surface area contributed by atoms with Gasteiger partial charge in [-0.05, 0) is 26.7 Å². The van der Waals surface area contributed by atoms with Gasteiger partial charge in [0.1, 0.15) is 0 Å². The Morgan fingerprint density at radius 1 is 1.58 bits per heavy atom. The highest BCUT2D eigenvalue weighted by Crippen LogP contribution is 1.98. The average molecular weight is 172 g/mol. The fraction of sp³-hybridized carbons (Fsp3) is 0.667. The fourth-order valence-electron chi connectivity index (χ4n) is 0.736. The number of carbonyl (C=O) groups is 1. The summed E-state index contributed by atoms with van der Waals surface area (Å²) in [6, 6.07) is 0. The number of allylic oxidation sites excluding steroid dienone is 1. The second-order valence-electron chi connectivity index (χ2n) is 2.53. The van der Waals surface area contributed by atoms with E-state index in [-0.39, 0.29) is 0 Å². The molecule has 0 aromatic rings. The normalized spacial score (nSPS) is 11.7. The third kappa shape index (κ3) is 5.92. The number of ether oxygens (including phenoxy) is 1. The zero-order valence-corrected chi connectivity index (χ0v) is 7.67. The molecule has 0 fully saturated rings. The lowest BCUT2D eigenvalue weighted by atomic mass is 10.2. The van der Waals surface area contributed by atoms with Gasteiger partial charge >= 0.3 is 5.97 Å². The molecular formula is C9H16O3. The minimum Gasteiger partial charge on any atom is -0.478 e. The van der Waals surface area contributed by atoms with Crippen LogP contribution in [0.3, 0.4) is 0 Å². The number of hydrogen-bond acceptors (Lipinski definition) is 2. The molecule has 0 heterocycles. The summed E-state index contributed by atoms with van der Waals surface area (Å²) in [4.78, 5) is 10.3. The molecule has 3 nitrogen and oxygen atoms in total. The summed E-state index contributed by atoms with van der Waals surface area (Å²) in [5, 5.41) is 8.49. The SMILES string of the molecule is CCOCCCC=C(C)C(=O)O. The van der Waals surface area contributed by atoms with Crippen molar-refractivity contribution in [3.05, 3.63) is 11.6 Å². The highest BCUT2D eigenvalue weighted by molar-refractivity contribution is 5.85. The molecule has 0 aliphatic heterocycles. The molecule has 12 heavy (non-hydrogen) atoms. The Morgan fingerprint density at radius 3 is 2.75 bits per heavy atom. The molecule has 1 N–H and O–H groups in total. The first-order chi connectivity index (χ1) is 5.68. The van der Waals surface area contributed by atoms with E-state index in [1.54, 1.807) is 13.0 Å². The van der Waals surface area contributed by atoms with E-state index in [1.807, 2.05) is 6.92 Å². The van der Waals surface area contributed by atoms with E-state index < -0.39 is 5.97 Å². The maximum Gasteiger partial charge on any atom is 0.330 e. The molecule has 0 saturated carbocycles. The summed E-state index contributed by atoms with van der Waals surface area (Å²) in [6.07, 6.45) is 3.39. The quantitative estimate of drug-likeness (QED) is 0.491. The van der Waals surface area contributed by atoms with E-state index in [9.17, 15) is 4.79 Å². The topological polar surface area (TPSA) is 46.5 Å². The molecule has 0 aliphatic rings. The van der Waals surface area contributed by atoms with Gasteiger partial charge in [-0.1, -0.05) is 6.08 Å². The van der Waals surface area contributed by atoms with Crippen LogP contribution < -0.4 is 0 Å². The average Bonchev–Trinajstić information content (AvgIpc) is 2.03. The molecule has 0 spiro atoms. The molecule has 0 aliphatic carbocycles. The van der Waals surface area contributed by atoms with Gasteiger partial charge in [0, 0.05) is 18.8 Å². The molecule has 0 saturated heterocycles. The van der Waals surface area contributed by atoms with Crippen molar-refractivity contribution in [2.75, 3.05) is 13.2 Å².